The Morgan fingerprint density at radius 1 is 1.25 bits per heavy atom. The van der Waals surface area contributed by atoms with Gasteiger partial charge in [-0.15, -0.1) is 0 Å². The molecule has 0 saturated carbocycles. The molecule has 0 amide bonds. The highest BCUT2D eigenvalue weighted by atomic mass is 32.2. The summed E-state index contributed by atoms with van der Waals surface area (Å²) in [4.78, 5) is 0. The van der Waals surface area contributed by atoms with Crippen molar-refractivity contribution in [3.05, 3.63) is 29.8 Å². The molecule has 0 aliphatic rings. The number of hydrogen-bond acceptors (Lipinski definition) is 3. The van der Waals surface area contributed by atoms with Crippen LogP contribution in [0.25, 0.3) is 0 Å². The van der Waals surface area contributed by atoms with Gasteiger partial charge < -0.3 is 10.5 Å². The second kappa shape index (κ2) is 7.58. The summed E-state index contributed by atoms with van der Waals surface area (Å²) in [6.07, 6.45) is 0.966. The Kier molecular flexibility index (Phi) is 6.34. The van der Waals surface area contributed by atoms with Crippen LogP contribution in [0.5, 0.6) is 5.75 Å². The van der Waals surface area contributed by atoms with Crippen molar-refractivity contribution in [1.29, 1.82) is 0 Å². The van der Waals surface area contributed by atoms with Gasteiger partial charge in [0.25, 0.3) is 0 Å². The summed E-state index contributed by atoms with van der Waals surface area (Å²) >= 11 is 1.89. The molecule has 0 radical (unpaired) electrons. The van der Waals surface area contributed by atoms with Gasteiger partial charge in [-0.1, -0.05) is 26.0 Å². The monoisotopic (exact) mass is 239 g/mol. The van der Waals surface area contributed by atoms with Crippen LogP contribution in [0.2, 0.25) is 0 Å². The number of thioether (sulfide) groups is 1. The van der Waals surface area contributed by atoms with E-state index in [9.17, 15) is 0 Å². The van der Waals surface area contributed by atoms with E-state index in [1.165, 1.54) is 5.56 Å². The van der Waals surface area contributed by atoms with Crippen LogP contribution in [-0.2, 0) is 0 Å². The van der Waals surface area contributed by atoms with Gasteiger partial charge in [0.1, 0.15) is 5.75 Å². The Morgan fingerprint density at radius 2 is 1.94 bits per heavy atom. The van der Waals surface area contributed by atoms with Crippen LogP contribution in [-0.4, -0.2) is 18.1 Å². The molecule has 0 heterocycles. The maximum Gasteiger partial charge on any atom is 0.119 e. The summed E-state index contributed by atoms with van der Waals surface area (Å²) in [6.45, 7) is 5.03. The minimum absolute atomic E-state index is 0.143. The van der Waals surface area contributed by atoms with Crippen molar-refractivity contribution in [2.24, 2.45) is 5.73 Å². The molecule has 0 aromatic heterocycles. The third-order valence-electron chi connectivity index (χ3n) is 2.45. The van der Waals surface area contributed by atoms with Crippen molar-refractivity contribution in [3.63, 3.8) is 0 Å². The molecule has 2 nitrogen and oxygen atoms in total. The fraction of sp³-hybridized carbons (Fsp3) is 0.538. The van der Waals surface area contributed by atoms with Crippen LogP contribution in [0.4, 0.5) is 0 Å². The van der Waals surface area contributed by atoms with E-state index in [0.717, 1.165) is 30.3 Å². The standard InChI is InChI=1S/C13H21NOS/c1-3-13(14)11-5-7-12(8-6-11)15-9-10-16-4-2/h5-8,13H,3-4,9-10,14H2,1-2H3/t13-/m0/s1. The minimum Gasteiger partial charge on any atom is -0.493 e. The SMILES string of the molecule is CCSCCOc1ccc([C@@H](N)CC)cc1. The summed E-state index contributed by atoms with van der Waals surface area (Å²) in [7, 11) is 0. The van der Waals surface area contributed by atoms with Crippen LogP contribution >= 0.6 is 11.8 Å². The summed E-state index contributed by atoms with van der Waals surface area (Å²) in [6, 6.07) is 8.25. The van der Waals surface area contributed by atoms with E-state index >= 15 is 0 Å². The molecule has 0 bridgehead atoms. The fourth-order valence-electron chi connectivity index (χ4n) is 1.41. The quantitative estimate of drug-likeness (QED) is 0.742. The molecule has 1 aromatic rings. The van der Waals surface area contributed by atoms with Crippen molar-refractivity contribution >= 4 is 11.8 Å². The molecule has 0 spiro atoms. The zero-order valence-electron chi connectivity index (χ0n) is 10.1. The highest BCUT2D eigenvalue weighted by molar-refractivity contribution is 7.99. The minimum atomic E-state index is 0.143. The number of nitrogens with two attached hydrogens (primary N) is 1. The summed E-state index contributed by atoms with van der Waals surface area (Å²) in [5.41, 5.74) is 7.12. The Bertz CT molecular complexity index is 286. The molecule has 3 heteroatoms. The zero-order valence-corrected chi connectivity index (χ0v) is 10.9. The number of rotatable bonds is 7. The summed E-state index contributed by atoms with van der Waals surface area (Å²) < 4.78 is 5.61. The molecule has 16 heavy (non-hydrogen) atoms. The molecule has 0 aliphatic heterocycles. The van der Waals surface area contributed by atoms with Crippen LogP contribution in [0, 0.1) is 0 Å². The first-order chi connectivity index (χ1) is 7.77. The van der Waals surface area contributed by atoms with Crippen molar-refractivity contribution in [2.75, 3.05) is 18.1 Å². The zero-order chi connectivity index (χ0) is 11.8. The molecule has 1 rings (SSSR count). The maximum atomic E-state index is 5.94. The second-order valence-electron chi connectivity index (χ2n) is 3.63. The molecule has 2 N–H and O–H groups in total. The lowest BCUT2D eigenvalue weighted by Gasteiger charge is -2.10. The molecular weight excluding hydrogens is 218 g/mol. The lowest BCUT2D eigenvalue weighted by atomic mass is 10.1. The van der Waals surface area contributed by atoms with E-state index in [1.54, 1.807) is 0 Å². The Labute approximate surface area is 103 Å². The molecule has 0 fully saturated rings. The van der Waals surface area contributed by atoms with Crippen LogP contribution in [0.1, 0.15) is 31.9 Å². The van der Waals surface area contributed by atoms with E-state index in [0.29, 0.717) is 0 Å². The third-order valence-corrected chi connectivity index (χ3v) is 3.31. The van der Waals surface area contributed by atoms with Gasteiger partial charge in [0.15, 0.2) is 0 Å². The van der Waals surface area contributed by atoms with Gasteiger partial charge >= 0.3 is 0 Å². The molecule has 0 aliphatic carbocycles. The number of ether oxygens (including phenoxy) is 1. The van der Waals surface area contributed by atoms with E-state index in [4.69, 9.17) is 10.5 Å². The van der Waals surface area contributed by atoms with E-state index < -0.39 is 0 Å². The van der Waals surface area contributed by atoms with Crippen molar-refractivity contribution in [2.45, 2.75) is 26.3 Å². The van der Waals surface area contributed by atoms with Gasteiger partial charge in [0.2, 0.25) is 0 Å². The molecule has 0 saturated heterocycles. The third kappa shape index (κ3) is 4.45. The average molecular weight is 239 g/mol. The number of benzene rings is 1. The van der Waals surface area contributed by atoms with Crippen molar-refractivity contribution in [1.82, 2.24) is 0 Å². The van der Waals surface area contributed by atoms with Crippen molar-refractivity contribution < 1.29 is 4.74 Å². The first-order valence-electron chi connectivity index (χ1n) is 5.84. The number of hydrogen-bond donors (Lipinski definition) is 1. The fourth-order valence-corrected chi connectivity index (χ4v) is 1.90. The lowest BCUT2D eigenvalue weighted by molar-refractivity contribution is 0.344. The van der Waals surface area contributed by atoms with Gasteiger partial charge in [-0.3, -0.25) is 0 Å². The Morgan fingerprint density at radius 3 is 2.50 bits per heavy atom. The summed E-state index contributed by atoms with van der Waals surface area (Å²) in [5, 5.41) is 0. The van der Waals surface area contributed by atoms with Crippen LogP contribution in [0.3, 0.4) is 0 Å². The van der Waals surface area contributed by atoms with E-state index in [2.05, 4.69) is 26.0 Å². The molecule has 90 valence electrons. The van der Waals surface area contributed by atoms with Gasteiger partial charge in [-0.25, -0.2) is 0 Å². The van der Waals surface area contributed by atoms with E-state index in [1.807, 2.05) is 23.9 Å². The highest BCUT2D eigenvalue weighted by Crippen LogP contribution is 2.18. The Hall–Kier alpha value is -0.670. The lowest BCUT2D eigenvalue weighted by Crippen LogP contribution is -2.08. The topological polar surface area (TPSA) is 35.2 Å². The maximum absolute atomic E-state index is 5.94. The van der Waals surface area contributed by atoms with Crippen LogP contribution in [0.15, 0.2) is 24.3 Å². The summed E-state index contributed by atoms with van der Waals surface area (Å²) in [5.74, 6) is 3.13. The van der Waals surface area contributed by atoms with E-state index in [-0.39, 0.29) is 6.04 Å². The largest absolute Gasteiger partial charge is 0.493 e. The normalized spacial score (nSPS) is 12.4. The molecule has 0 unspecified atom stereocenters. The van der Waals surface area contributed by atoms with Crippen LogP contribution < -0.4 is 10.5 Å². The highest BCUT2D eigenvalue weighted by Gasteiger charge is 2.02. The molecular formula is C13H21NOS. The van der Waals surface area contributed by atoms with Gasteiger partial charge in [-0.2, -0.15) is 11.8 Å². The molecule has 1 atom stereocenters. The van der Waals surface area contributed by atoms with Gasteiger partial charge in [0.05, 0.1) is 6.61 Å². The predicted molar refractivity (Wildman–Crippen MR) is 72.2 cm³/mol. The second-order valence-corrected chi connectivity index (χ2v) is 5.02. The first kappa shape index (κ1) is 13.4. The van der Waals surface area contributed by atoms with Crippen molar-refractivity contribution in [3.8, 4) is 5.75 Å². The van der Waals surface area contributed by atoms with Gasteiger partial charge in [-0.05, 0) is 29.9 Å². The van der Waals surface area contributed by atoms with Gasteiger partial charge in [0, 0.05) is 11.8 Å². The smallest absolute Gasteiger partial charge is 0.119 e. The molecule has 1 aromatic carbocycles. The predicted octanol–water partition coefficient (Wildman–Crippen LogP) is 3.23. The first-order valence-corrected chi connectivity index (χ1v) is 6.99. The Balaban J connectivity index is 2.39. The average Bonchev–Trinajstić information content (AvgIpc) is 2.34.